The number of nitrogens with zero attached hydrogens (tertiary/aromatic N) is 2. The molecule has 2 aromatic heterocycles. The van der Waals surface area contributed by atoms with Gasteiger partial charge in [0, 0.05) is 40.1 Å². The highest BCUT2D eigenvalue weighted by Crippen LogP contribution is 2.20. The Bertz CT molecular complexity index is 1020. The fraction of sp³-hybridized carbons (Fsp3) is 0.235. The third-order valence-electron chi connectivity index (χ3n) is 3.56. The van der Waals surface area contributed by atoms with E-state index in [2.05, 4.69) is 10.3 Å². The van der Waals surface area contributed by atoms with Crippen molar-refractivity contribution in [3.05, 3.63) is 62.2 Å². The fourth-order valence-corrected chi connectivity index (χ4v) is 4.20. The van der Waals surface area contributed by atoms with Crippen LogP contribution in [-0.4, -0.2) is 21.0 Å². The van der Waals surface area contributed by atoms with Gasteiger partial charge in [0.15, 0.2) is 4.96 Å². The molecule has 9 heteroatoms. The van der Waals surface area contributed by atoms with Gasteiger partial charge in [-0.2, -0.15) is 11.8 Å². The third-order valence-corrected chi connectivity index (χ3v) is 5.73. The standard InChI is InChI=1S/C17H15ClFN3O2S2/c1-10-8-26-17-20-12(7-16(24)22(10)17)9-25-5-4-15(23)21-14-3-2-11(18)6-13(14)19/h2-3,6-8H,4-5,9H2,1H3,(H,21,23). The Hall–Kier alpha value is -1.90. The second-order valence-corrected chi connectivity index (χ2v) is 7.93. The van der Waals surface area contributed by atoms with Crippen LogP contribution in [0.5, 0.6) is 0 Å². The number of thiazole rings is 1. The van der Waals surface area contributed by atoms with E-state index in [1.165, 1.54) is 41.3 Å². The Labute approximate surface area is 162 Å². The molecule has 3 aromatic rings. The van der Waals surface area contributed by atoms with E-state index < -0.39 is 5.82 Å². The maximum atomic E-state index is 13.6. The minimum absolute atomic E-state index is 0.0969. The van der Waals surface area contributed by atoms with E-state index in [0.717, 1.165) is 11.8 Å². The van der Waals surface area contributed by atoms with Crippen molar-refractivity contribution >= 4 is 51.3 Å². The number of halogens is 2. The van der Waals surface area contributed by atoms with Gasteiger partial charge < -0.3 is 5.32 Å². The molecule has 1 amide bonds. The molecule has 1 aromatic carbocycles. The van der Waals surface area contributed by atoms with E-state index in [9.17, 15) is 14.0 Å². The van der Waals surface area contributed by atoms with E-state index >= 15 is 0 Å². The zero-order valence-corrected chi connectivity index (χ0v) is 16.2. The highest BCUT2D eigenvalue weighted by molar-refractivity contribution is 7.98. The molecule has 0 aliphatic carbocycles. The van der Waals surface area contributed by atoms with Gasteiger partial charge in [0.25, 0.3) is 5.56 Å². The van der Waals surface area contributed by atoms with Crippen LogP contribution in [0, 0.1) is 12.7 Å². The van der Waals surface area contributed by atoms with Crippen LogP contribution in [0.15, 0.2) is 34.4 Å². The summed E-state index contributed by atoms with van der Waals surface area (Å²) in [7, 11) is 0. The van der Waals surface area contributed by atoms with Crippen molar-refractivity contribution < 1.29 is 9.18 Å². The lowest BCUT2D eigenvalue weighted by Gasteiger charge is -2.06. The summed E-state index contributed by atoms with van der Waals surface area (Å²) in [6.07, 6.45) is 0.228. The van der Waals surface area contributed by atoms with Crippen molar-refractivity contribution in [3.8, 4) is 0 Å². The molecule has 0 unspecified atom stereocenters. The third kappa shape index (κ3) is 4.44. The molecule has 0 radical (unpaired) electrons. The number of amides is 1. The smallest absolute Gasteiger partial charge is 0.258 e. The highest BCUT2D eigenvalue weighted by atomic mass is 35.5. The molecular formula is C17H15ClFN3O2S2. The number of thioether (sulfide) groups is 1. The summed E-state index contributed by atoms with van der Waals surface area (Å²) in [4.78, 5) is 29.1. The maximum absolute atomic E-state index is 13.6. The molecule has 2 heterocycles. The topological polar surface area (TPSA) is 63.5 Å². The van der Waals surface area contributed by atoms with E-state index in [0.29, 0.717) is 22.2 Å². The molecule has 0 aliphatic heterocycles. The first-order chi connectivity index (χ1) is 12.4. The maximum Gasteiger partial charge on any atom is 0.258 e. The number of aromatic nitrogens is 2. The van der Waals surface area contributed by atoms with Crippen LogP contribution in [0.3, 0.4) is 0 Å². The van der Waals surface area contributed by atoms with Gasteiger partial charge in [-0.25, -0.2) is 9.37 Å². The zero-order valence-electron chi connectivity index (χ0n) is 13.8. The minimum Gasteiger partial charge on any atom is -0.324 e. The van der Waals surface area contributed by atoms with Crippen LogP contribution in [0.25, 0.3) is 4.96 Å². The highest BCUT2D eigenvalue weighted by Gasteiger charge is 2.09. The molecule has 136 valence electrons. The second-order valence-electron chi connectivity index (χ2n) is 5.56. The van der Waals surface area contributed by atoms with Gasteiger partial charge in [-0.15, -0.1) is 11.3 Å². The number of hydrogen-bond acceptors (Lipinski definition) is 5. The first kappa shape index (κ1) is 18.9. The monoisotopic (exact) mass is 411 g/mol. The molecule has 1 N–H and O–H groups in total. The van der Waals surface area contributed by atoms with E-state index in [1.54, 1.807) is 4.40 Å². The molecule has 5 nitrogen and oxygen atoms in total. The largest absolute Gasteiger partial charge is 0.324 e. The SMILES string of the molecule is Cc1csc2nc(CSCCC(=O)Nc3ccc(Cl)cc3F)cc(=O)n12. The number of benzene rings is 1. The molecule has 0 atom stereocenters. The molecular weight excluding hydrogens is 397 g/mol. The first-order valence-electron chi connectivity index (χ1n) is 7.73. The van der Waals surface area contributed by atoms with Gasteiger partial charge in [0.2, 0.25) is 5.91 Å². The lowest BCUT2D eigenvalue weighted by molar-refractivity contribution is -0.115. The van der Waals surface area contributed by atoms with Gasteiger partial charge in [-0.1, -0.05) is 11.6 Å². The van der Waals surface area contributed by atoms with Crippen LogP contribution in [0.1, 0.15) is 17.8 Å². The summed E-state index contributed by atoms with van der Waals surface area (Å²) >= 11 is 8.60. The Kier molecular flexibility index (Phi) is 5.95. The molecule has 26 heavy (non-hydrogen) atoms. The predicted octanol–water partition coefficient (Wildman–Crippen LogP) is 4.12. The molecule has 0 fully saturated rings. The number of rotatable bonds is 6. The van der Waals surface area contributed by atoms with Crippen molar-refractivity contribution in [2.45, 2.75) is 19.1 Å². The fourth-order valence-electron chi connectivity index (χ4n) is 2.32. The second kappa shape index (κ2) is 8.20. The Morgan fingerprint density at radius 3 is 3.00 bits per heavy atom. The molecule has 0 spiro atoms. The molecule has 0 bridgehead atoms. The van der Waals surface area contributed by atoms with Gasteiger partial charge in [-0.3, -0.25) is 14.0 Å². The molecule has 3 rings (SSSR count). The summed E-state index contributed by atoms with van der Waals surface area (Å²) in [5.41, 5.74) is 1.57. The van der Waals surface area contributed by atoms with Crippen molar-refractivity contribution in [2.75, 3.05) is 11.1 Å². The Morgan fingerprint density at radius 2 is 2.23 bits per heavy atom. The van der Waals surface area contributed by atoms with Crippen molar-refractivity contribution in [1.29, 1.82) is 0 Å². The van der Waals surface area contributed by atoms with Gasteiger partial charge in [0.1, 0.15) is 5.82 Å². The van der Waals surface area contributed by atoms with E-state index in [4.69, 9.17) is 11.6 Å². The lowest BCUT2D eigenvalue weighted by Crippen LogP contribution is -2.15. The number of hydrogen-bond donors (Lipinski definition) is 1. The van der Waals surface area contributed by atoms with Crippen molar-refractivity contribution in [1.82, 2.24) is 9.38 Å². The molecule has 0 aliphatic rings. The Balaban J connectivity index is 1.51. The van der Waals surface area contributed by atoms with E-state index in [-0.39, 0.29) is 28.6 Å². The average Bonchev–Trinajstić information content (AvgIpc) is 2.96. The van der Waals surface area contributed by atoms with Crippen LogP contribution in [0.4, 0.5) is 10.1 Å². The summed E-state index contributed by atoms with van der Waals surface area (Å²) < 4.78 is 15.2. The number of fused-ring (bicyclic) bond motifs is 1. The van der Waals surface area contributed by atoms with E-state index in [1.807, 2.05) is 12.3 Å². The van der Waals surface area contributed by atoms with Crippen molar-refractivity contribution in [3.63, 3.8) is 0 Å². The molecule has 0 saturated carbocycles. The van der Waals surface area contributed by atoms with Crippen molar-refractivity contribution in [2.24, 2.45) is 0 Å². The lowest BCUT2D eigenvalue weighted by atomic mass is 10.3. The summed E-state index contributed by atoms with van der Waals surface area (Å²) in [6.45, 7) is 1.86. The van der Waals surface area contributed by atoms with Crippen LogP contribution in [-0.2, 0) is 10.5 Å². The van der Waals surface area contributed by atoms with Crippen LogP contribution >= 0.6 is 34.7 Å². The van der Waals surface area contributed by atoms with Crippen LogP contribution < -0.4 is 10.9 Å². The van der Waals surface area contributed by atoms with Gasteiger partial charge >= 0.3 is 0 Å². The summed E-state index contributed by atoms with van der Waals surface area (Å²) in [5.74, 6) is 0.218. The van der Waals surface area contributed by atoms with Crippen LogP contribution in [0.2, 0.25) is 5.02 Å². The summed E-state index contributed by atoms with van der Waals surface area (Å²) in [5, 5.41) is 4.68. The Morgan fingerprint density at radius 1 is 1.42 bits per heavy atom. The quantitative estimate of drug-likeness (QED) is 0.620. The number of carbonyl (C=O) groups is 1. The number of aryl methyl sites for hydroxylation is 1. The molecule has 0 saturated heterocycles. The number of nitrogens with one attached hydrogen (secondary N) is 1. The zero-order chi connectivity index (χ0) is 18.7. The first-order valence-corrected chi connectivity index (χ1v) is 10.1. The number of carbonyl (C=O) groups excluding carboxylic acids is 1. The number of anilines is 1. The minimum atomic E-state index is -0.567. The van der Waals surface area contributed by atoms with Gasteiger partial charge in [-0.05, 0) is 25.1 Å². The van der Waals surface area contributed by atoms with Gasteiger partial charge in [0.05, 0.1) is 11.4 Å². The average molecular weight is 412 g/mol. The summed E-state index contributed by atoms with van der Waals surface area (Å²) in [6, 6.07) is 5.61. The predicted molar refractivity (Wildman–Crippen MR) is 105 cm³/mol. The normalized spacial score (nSPS) is 11.0.